The lowest BCUT2D eigenvalue weighted by Crippen LogP contribution is -2.49. The number of rotatable bonds is 6. The Bertz CT molecular complexity index is 1530. The molecule has 0 radical (unpaired) electrons. The van der Waals surface area contributed by atoms with E-state index in [2.05, 4.69) is 33.8 Å². The molecule has 190 valence electrons. The molecule has 3 heterocycles. The van der Waals surface area contributed by atoms with Crippen LogP contribution < -0.4 is 15.5 Å². The van der Waals surface area contributed by atoms with Crippen LogP contribution in [0.15, 0.2) is 106 Å². The van der Waals surface area contributed by atoms with E-state index in [1.807, 2.05) is 82.4 Å². The minimum atomic E-state index is -0.182. The third-order valence-electron chi connectivity index (χ3n) is 5.94. The van der Waals surface area contributed by atoms with Crippen molar-refractivity contribution >= 4 is 74.6 Å². The third kappa shape index (κ3) is 5.44. The monoisotopic (exact) mass is 574 g/mol. The van der Waals surface area contributed by atoms with Crippen LogP contribution in [0.1, 0.15) is 0 Å². The number of aromatic nitrogens is 1. The number of hydrogen-bond acceptors (Lipinski definition) is 7. The van der Waals surface area contributed by atoms with E-state index in [-0.39, 0.29) is 29.0 Å². The van der Waals surface area contributed by atoms with Crippen LogP contribution in [0.4, 0.5) is 21.3 Å². The molecular formula is C28H22N4O2S4. The fraction of sp³-hybridized carbons (Fsp3) is 0.107. The Balaban J connectivity index is 1.10. The van der Waals surface area contributed by atoms with Gasteiger partial charge in [-0.2, -0.15) is 0 Å². The summed E-state index contributed by atoms with van der Waals surface area (Å²) in [6, 6.07) is 19.3. The van der Waals surface area contributed by atoms with E-state index in [1.165, 1.54) is 23.1 Å². The van der Waals surface area contributed by atoms with E-state index in [9.17, 15) is 9.59 Å². The van der Waals surface area contributed by atoms with E-state index in [0.29, 0.717) is 10.8 Å². The lowest BCUT2D eigenvalue weighted by atomic mass is 10.1. The van der Waals surface area contributed by atoms with Crippen LogP contribution in [0, 0.1) is 0 Å². The van der Waals surface area contributed by atoms with Crippen molar-refractivity contribution in [3.63, 3.8) is 0 Å². The number of fused-ring (bicyclic) bond motifs is 2. The molecular weight excluding hydrogens is 553 g/mol. The van der Waals surface area contributed by atoms with Gasteiger partial charge in [0.15, 0.2) is 5.13 Å². The Labute approximate surface area is 236 Å². The van der Waals surface area contributed by atoms with Crippen molar-refractivity contribution in [1.29, 1.82) is 0 Å². The number of thiazole rings is 1. The molecule has 2 N–H and O–H groups in total. The van der Waals surface area contributed by atoms with E-state index in [0.717, 1.165) is 26.0 Å². The van der Waals surface area contributed by atoms with Gasteiger partial charge in [0.2, 0.25) is 5.91 Å². The number of carbonyl (C=O) groups is 2. The average molecular weight is 575 g/mol. The van der Waals surface area contributed by atoms with E-state index < -0.39 is 0 Å². The van der Waals surface area contributed by atoms with E-state index in [4.69, 9.17) is 0 Å². The molecule has 2 aromatic heterocycles. The highest BCUT2D eigenvalue weighted by atomic mass is 32.2. The average Bonchev–Trinajstić information content (AvgIpc) is 3.63. The molecule has 2 unspecified atom stereocenters. The highest BCUT2D eigenvalue weighted by Gasteiger charge is 2.36. The molecule has 6 nitrogen and oxygen atoms in total. The van der Waals surface area contributed by atoms with Gasteiger partial charge in [-0.25, -0.2) is 9.78 Å². The summed E-state index contributed by atoms with van der Waals surface area (Å²) < 4.78 is 0. The SMILES string of the molecule is O=C(CSc1cccc(NC(=O)N2c3ccccc3SC3C=CC=CC32)c1)Nc1nc(-c2cccs2)cs1. The summed E-state index contributed by atoms with van der Waals surface area (Å²) in [5.74, 6) is 0.116. The van der Waals surface area contributed by atoms with Gasteiger partial charge in [0.25, 0.3) is 0 Å². The number of nitrogens with zero attached hydrogens (tertiary/aromatic N) is 2. The molecule has 4 aromatic rings. The lowest BCUT2D eigenvalue weighted by Gasteiger charge is -2.40. The molecule has 0 spiro atoms. The van der Waals surface area contributed by atoms with Gasteiger partial charge in [-0.15, -0.1) is 46.2 Å². The lowest BCUT2D eigenvalue weighted by molar-refractivity contribution is -0.113. The van der Waals surface area contributed by atoms with Crippen molar-refractivity contribution in [2.24, 2.45) is 0 Å². The molecule has 10 heteroatoms. The summed E-state index contributed by atoms with van der Waals surface area (Å²) in [6.07, 6.45) is 8.24. The minimum Gasteiger partial charge on any atom is -0.307 e. The molecule has 1 aliphatic heterocycles. The Morgan fingerprint density at radius 3 is 2.76 bits per heavy atom. The normalized spacial score (nSPS) is 17.5. The quantitative estimate of drug-likeness (QED) is 0.232. The highest BCUT2D eigenvalue weighted by Crippen LogP contribution is 2.43. The first-order valence-electron chi connectivity index (χ1n) is 11.9. The number of allylic oxidation sites excluding steroid dienone is 2. The summed E-state index contributed by atoms with van der Waals surface area (Å²) in [5.41, 5.74) is 2.46. The van der Waals surface area contributed by atoms with Gasteiger partial charge in [-0.05, 0) is 41.8 Å². The number of thioether (sulfide) groups is 2. The molecule has 0 saturated heterocycles. The van der Waals surface area contributed by atoms with Crippen LogP contribution in [0.3, 0.4) is 0 Å². The Morgan fingerprint density at radius 2 is 1.87 bits per heavy atom. The molecule has 0 fully saturated rings. The van der Waals surface area contributed by atoms with Gasteiger partial charge in [0, 0.05) is 20.9 Å². The molecule has 0 saturated carbocycles. The van der Waals surface area contributed by atoms with Crippen LogP contribution in [-0.2, 0) is 4.79 Å². The second-order valence-corrected chi connectivity index (χ2v) is 12.6. The predicted molar refractivity (Wildman–Crippen MR) is 161 cm³/mol. The standard InChI is InChI=1S/C28H22N4O2S4/c33-26(31-27-30-20(16-37-27)23-13-6-14-35-23)17-36-19-8-5-7-18(15-19)29-28(34)32-21-9-1-3-11-24(21)38-25-12-4-2-10-22(25)32/h1-16,21,24H,17H2,(H,29,34)(H,30,31,33). The first-order chi connectivity index (χ1) is 18.6. The topological polar surface area (TPSA) is 74.3 Å². The minimum absolute atomic E-state index is 0.0626. The fourth-order valence-electron chi connectivity index (χ4n) is 4.25. The number of nitrogens with one attached hydrogen (secondary N) is 2. The summed E-state index contributed by atoms with van der Waals surface area (Å²) in [7, 11) is 0. The number of carbonyl (C=O) groups excluding carboxylic acids is 2. The smallest absolute Gasteiger partial charge is 0.307 e. The molecule has 0 bridgehead atoms. The van der Waals surface area contributed by atoms with Crippen molar-refractivity contribution in [2.45, 2.75) is 21.1 Å². The Morgan fingerprint density at radius 1 is 0.974 bits per heavy atom. The zero-order valence-corrected chi connectivity index (χ0v) is 23.2. The Hall–Kier alpha value is -3.31. The van der Waals surface area contributed by atoms with Gasteiger partial charge in [0.05, 0.1) is 33.3 Å². The van der Waals surface area contributed by atoms with Crippen molar-refractivity contribution in [1.82, 2.24) is 4.98 Å². The molecule has 2 aromatic carbocycles. The van der Waals surface area contributed by atoms with Crippen molar-refractivity contribution in [2.75, 3.05) is 21.3 Å². The van der Waals surface area contributed by atoms with Gasteiger partial charge in [-0.3, -0.25) is 9.69 Å². The molecule has 2 atom stereocenters. The van der Waals surface area contributed by atoms with E-state index in [1.54, 1.807) is 23.1 Å². The zero-order valence-electron chi connectivity index (χ0n) is 19.9. The van der Waals surface area contributed by atoms with Crippen LogP contribution >= 0.6 is 46.2 Å². The molecule has 2 aliphatic rings. The molecule has 38 heavy (non-hydrogen) atoms. The third-order valence-corrected chi connectivity index (χ3v) is 9.89. The maximum atomic E-state index is 13.5. The predicted octanol–water partition coefficient (Wildman–Crippen LogP) is 7.61. The molecule has 1 aliphatic carbocycles. The second-order valence-electron chi connectivity index (χ2n) is 8.49. The number of benzene rings is 2. The number of amides is 3. The zero-order chi connectivity index (χ0) is 25.9. The van der Waals surface area contributed by atoms with E-state index >= 15 is 0 Å². The first kappa shape index (κ1) is 25.0. The first-order valence-corrected chi connectivity index (χ1v) is 15.5. The van der Waals surface area contributed by atoms with Gasteiger partial charge >= 0.3 is 6.03 Å². The number of thiophene rings is 1. The fourth-order valence-corrected chi connectivity index (χ4v) is 7.75. The number of para-hydroxylation sites is 1. The molecule has 6 rings (SSSR count). The van der Waals surface area contributed by atoms with Gasteiger partial charge in [0.1, 0.15) is 0 Å². The summed E-state index contributed by atoms with van der Waals surface area (Å²) >= 11 is 6.23. The largest absolute Gasteiger partial charge is 0.326 e. The summed E-state index contributed by atoms with van der Waals surface area (Å²) in [6.45, 7) is 0. The van der Waals surface area contributed by atoms with Gasteiger partial charge < -0.3 is 10.6 Å². The maximum Gasteiger partial charge on any atom is 0.326 e. The Kier molecular flexibility index (Phi) is 7.37. The van der Waals surface area contributed by atoms with Crippen LogP contribution in [0.2, 0.25) is 0 Å². The molecule has 3 amide bonds. The summed E-state index contributed by atoms with van der Waals surface area (Å²) in [5, 5.41) is 10.7. The van der Waals surface area contributed by atoms with Gasteiger partial charge in [-0.1, -0.05) is 48.6 Å². The van der Waals surface area contributed by atoms with Crippen molar-refractivity contribution in [3.05, 3.63) is 95.7 Å². The van der Waals surface area contributed by atoms with Crippen molar-refractivity contribution in [3.8, 4) is 10.6 Å². The van der Waals surface area contributed by atoms with Crippen LogP contribution in [0.5, 0.6) is 0 Å². The van der Waals surface area contributed by atoms with Crippen LogP contribution in [-0.4, -0.2) is 34.0 Å². The number of anilines is 3. The van der Waals surface area contributed by atoms with Crippen LogP contribution in [0.25, 0.3) is 10.6 Å². The maximum absolute atomic E-state index is 13.5. The highest BCUT2D eigenvalue weighted by molar-refractivity contribution is 8.00. The summed E-state index contributed by atoms with van der Waals surface area (Å²) in [4.78, 5) is 35.5. The number of urea groups is 1. The van der Waals surface area contributed by atoms with Crippen molar-refractivity contribution < 1.29 is 9.59 Å². The number of hydrogen-bond donors (Lipinski definition) is 2. The second kappa shape index (κ2) is 11.2.